The molecule has 169 valence electrons. The van der Waals surface area contributed by atoms with Crippen molar-refractivity contribution < 1.29 is 0 Å². The zero-order valence-corrected chi connectivity index (χ0v) is 19.4. The van der Waals surface area contributed by atoms with Gasteiger partial charge in [0.1, 0.15) is 0 Å². The summed E-state index contributed by atoms with van der Waals surface area (Å²) in [5.74, 6) is 1.25. The monoisotopic (exact) mass is 436 g/mol. The Hall–Kier alpha value is -2.98. The summed E-state index contributed by atoms with van der Waals surface area (Å²) in [7, 11) is 0. The molecule has 6 N–H and O–H groups in total. The lowest BCUT2D eigenvalue weighted by molar-refractivity contribution is 0.686. The van der Waals surface area contributed by atoms with Gasteiger partial charge in [-0.25, -0.2) is 0 Å². The van der Waals surface area contributed by atoms with Crippen LogP contribution in [0.5, 0.6) is 0 Å². The van der Waals surface area contributed by atoms with Gasteiger partial charge in [-0.2, -0.15) is 0 Å². The number of rotatable bonds is 9. The molecule has 0 atom stereocenters. The zero-order valence-electron chi connectivity index (χ0n) is 19.4. The van der Waals surface area contributed by atoms with Crippen LogP contribution in [-0.4, -0.2) is 0 Å². The van der Waals surface area contributed by atoms with Crippen LogP contribution in [0.2, 0.25) is 0 Å². The smallest absolute Gasteiger partial charge is 0.0589 e. The van der Waals surface area contributed by atoms with Gasteiger partial charge in [-0.15, -0.1) is 0 Å². The molecular formula is C30H34N3. The molecule has 0 spiro atoms. The molecule has 3 aromatic rings. The fourth-order valence-corrected chi connectivity index (χ4v) is 4.96. The van der Waals surface area contributed by atoms with Gasteiger partial charge in [-0.3, -0.25) is 0 Å². The molecule has 0 heterocycles. The summed E-state index contributed by atoms with van der Waals surface area (Å²) in [5, 5.41) is 0. The van der Waals surface area contributed by atoms with Crippen molar-refractivity contribution in [1.29, 1.82) is 0 Å². The van der Waals surface area contributed by atoms with Crippen LogP contribution >= 0.6 is 0 Å². The maximum Gasteiger partial charge on any atom is 0.0589 e. The number of hydrogen-bond donors (Lipinski definition) is 3. The molecule has 1 aliphatic carbocycles. The number of nitrogens with two attached hydrogens (primary N) is 3. The molecule has 0 bridgehead atoms. The summed E-state index contributed by atoms with van der Waals surface area (Å²) >= 11 is 0. The van der Waals surface area contributed by atoms with E-state index in [4.69, 9.17) is 17.2 Å². The Morgan fingerprint density at radius 2 is 1.09 bits per heavy atom. The van der Waals surface area contributed by atoms with Gasteiger partial charge in [0.2, 0.25) is 0 Å². The molecule has 3 heteroatoms. The minimum absolute atomic E-state index is 0.498. The predicted molar refractivity (Wildman–Crippen MR) is 138 cm³/mol. The summed E-state index contributed by atoms with van der Waals surface area (Å²) in [6.45, 7) is 3.72. The first-order valence-corrected chi connectivity index (χ1v) is 11.8. The standard InChI is InChI=1S/C30H34N3/c1-2-6-22-13-14-29(15-22)30(26-10-3-7-23(16-26)19-31,27-11-4-8-24(17-27)20-32)28-12-5-9-25(18-28)21-33/h3-5,7-18H,2,6,19-21,31-33H2,1H3. The van der Waals surface area contributed by atoms with E-state index in [0.717, 1.165) is 29.5 Å². The molecule has 1 radical (unpaired) electrons. The highest BCUT2D eigenvalue weighted by molar-refractivity contribution is 5.65. The molecule has 0 saturated carbocycles. The predicted octanol–water partition coefficient (Wildman–Crippen LogP) is 5.27. The van der Waals surface area contributed by atoms with Crippen molar-refractivity contribution in [2.45, 2.75) is 44.8 Å². The van der Waals surface area contributed by atoms with Crippen LogP contribution in [0.1, 0.15) is 53.1 Å². The van der Waals surface area contributed by atoms with E-state index in [0.29, 0.717) is 19.6 Å². The summed E-state index contributed by atoms with van der Waals surface area (Å²) in [6.07, 6.45) is 9.09. The number of hydrogen-bond acceptors (Lipinski definition) is 3. The average Bonchev–Trinajstić information content (AvgIpc) is 3.34. The SMILES string of the molecule is CCCC1=C[C](C(c2cccc(CN)c2)(c2cccc(CN)c2)c2cccc(CN)c2)C=C1. The lowest BCUT2D eigenvalue weighted by Crippen LogP contribution is -2.35. The van der Waals surface area contributed by atoms with Crippen molar-refractivity contribution >= 4 is 0 Å². The van der Waals surface area contributed by atoms with E-state index in [1.807, 2.05) is 0 Å². The Morgan fingerprint density at radius 1 is 0.636 bits per heavy atom. The molecule has 3 aromatic carbocycles. The quantitative estimate of drug-likeness (QED) is 0.400. The molecule has 0 unspecified atom stereocenters. The molecule has 0 aliphatic heterocycles. The van der Waals surface area contributed by atoms with Gasteiger partial charge >= 0.3 is 0 Å². The minimum atomic E-state index is -0.506. The summed E-state index contributed by atoms with van der Waals surface area (Å²) in [4.78, 5) is 0. The van der Waals surface area contributed by atoms with Gasteiger partial charge in [0, 0.05) is 25.6 Å². The van der Waals surface area contributed by atoms with Crippen molar-refractivity contribution in [3.05, 3.63) is 136 Å². The van der Waals surface area contributed by atoms with E-state index in [2.05, 4.69) is 97.9 Å². The molecule has 0 aromatic heterocycles. The molecule has 1 aliphatic rings. The lowest BCUT2D eigenvalue weighted by atomic mass is 9.61. The van der Waals surface area contributed by atoms with Crippen LogP contribution in [0, 0.1) is 5.92 Å². The van der Waals surface area contributed by atoms with E-state index < -0.39 is 5.41 Å². The van der Waals surface area contributed by atoms with Crippen LogP contribution < -0.4 is 17.2 Å². The Kier molecular flexibility index (Phi) is 7.24. The highest BCUT2D eigenvalue weighted by Crippen LogP contribution is 2.50. The molecule has 33 heavy (non-hydrogen) atoms. The largest absolute Gasteiger partial charge is 0.326 e. The molecule has 0 fully saturated rings. The van der Waals surface area contributed by atoms with E-state index in [1.54, 1.807) is 0 Å². The second kappa shape index (κ2) is 10.3. The third-order valence-electron chi connectivity index (χ3n) is 6.58. The minimum Gasteiger partial charge on any atom is -0.326 e. The van der Waals surface area contributed by atoms with Gasteiger partial charge in [0.15, 0.2) is 0 Å². The second-order valence-corrected chi connectivity index (χ2v) is 8.72. The first kappa shape index (κ1) is 23.2. The lowest BCUT2D eigenvalue weighted by Gasteiger charge is -2.40. The van der Waals surface area contributed by atoms with Gasteiger partial charge < -0.3 is 17.2 Å². The van der Waals surface area contributed by atoms with Crippen molar-refractivity contribution in [1.82, 2.24) is 0 Å². The molecular weight excluding hydrogens is 402 g/mol. The normalized spacial score (nSPS) is 14.0. The first-order chi connectivity index (χ1) is 16.1. The second-order valence-electron chi connectivity index (χ2n) is 8.72. The van der Waals surface area contributed by atoms with Crippen molar-refractivity contribution in [2.75, 3.05) is 0 Å². The fraction of sp³-hybridized carbons (Fsp3) is 0.233. The van der Waals surface area contributed by atoms with Crippen LogP contribution in [-0.2, 0) is 25.0 Å². The molecule has 0 amide bonds. The topological polar surface area (TPSA) is 78.1 Å². The van der Waals surface area contributed by atoms with E-state index in [1.165, 1.54) is 28.2 Å². The average molecular weight is 437 g/mol. The highest BCUT2D eigenvalue weighted by Gasteiger charge is 2.43. The third kappa shape index (κ3) is 4.45. The van der Waals surface area contributed by atoms with Gasteiger partial charge in [-0.1, -0.05) is 110 Å². The summed E-state index contributed by atoms with van der Waals surface area (Å²) in [6, 6.07) is 26.0. The number of benzene rings is 3. The molecule has 0 saturated heterocycles. The maximum absolute atomic E-state index is 6.08. The maximum atomic E-state index is 6.08. The van der Waals surface area contributed by atoms with Crippen molar-refractivity contribution in [2.24, 2.45) is 17.2 Å². The highest BCUT2D eigenvalue weighted by atomic mass is 14.5. The Balaban J connectivity index is 2.08. The van der Waals surface area contributed by atoms with Crippen LogP contribution in [0.3, 0.4) is 0 Å². The third-order valence-corrected chi connectivity index (χ3v) is 6.58. The van der Waals surface area contributed by atoms with Crippen LogP contribution in [0.25, 0.3) is 0 Å². The fourth-order valence-electron chi connectivity index (χ4n) is 4.96. The van der Waals surface area contributed by atoms with Gasteiger partial charge in [-0.05, 0) is 39.8 Å². The van der Waals surface area contributed by atoms with E-state index >= 15 is 0 Å². The summed E-state index contributed by atoms with van der Waals surface area (Å²) < 4.78 is 0. The van der Waals surface area contributed by atoms with E-state index in [-0.39, 0.29) is 0 Å². The number of allylic oxidation sites excluding steroid dienone is 4. The molecule has 4 rings (SSSR count). The van der Waals surface area contributed by atoms with Crippen LogP contribution in [0.15, 0.2) is 96.6 Å². The molecule has 3 nitrogen and oxygen atoms in total. The van der Waals surface area contributed by atoms with Gasteiger partial charge in [0.25, 0.3) is 0 Å². The van der Waals surface area contributed by atoms with Crippen LogP contribution in [0.4, 0.5) is 0 Å². The summed E-state index contributed by atoms with van der Waals surface area (Å²) in [5.41, 5.74) is 26.0. The Bertz CT molecular complexity index is 1040. The van der Waals surface area contributed by atoms with Crippen molar-refractivity contribution in [3.63, 3.8) is 0 Å². The van der Waals surface area contributed by atoms with Crippen molar-refractivity contribution in [3.8, 4) is 0 Å². The Morgan fingerprint density at radius 3 is 1.48 bits per heavy atom. The van der Waals surface area contributed by atoms with Gasteiger partial charge in [0.05, 0.1) is 5.41 Å². The van der Waals surface area contributed by atoms with E-state index in [9.17, 15) is 0 Å². The Labute approximate surface area is 198 Å². The first-order valence-electron chi connectivity index (χ1n) is 11.8. The zero-order chi connectivity index (χ0) is 23.3.